The van der Waals surface area contributed by atoms with Gasteiger partial charge in [-0.25, -0.2) is 4.79 Å². The molecule has 1 amide bonds. The molecule has 3 aromatic carbocycles. The first-order chi connectivity index (χ1) is 10.6. The van der Waals surface area contributed by atoms with Gasteiger partial charge in [0.25, 0.3) is 0 Å². The summed E-state index contributed by atoms with van der Waals surface area (Å²) in [5.74, 6) is 0.311. The van der Waals surface area contributed by atoms with Gasteiger partial charge in [-0.05, 0) is 35.7 Å². The first-order valence-electron chi connectivity index (χ1n) is 6.75. The highest BCUT2D eigenvalue weighted by Crippen LogP contribution is 2.31. The van der Waals surface area contributed by atoms with E-state index in [9.17, 15) is 4.79 Å². The van der Waals surface area contributed by atoms with E-state index >= 15 is 0 Å². The molecule has 22 heavy (non-hydrogen) atoms. The maximum absolute atomic E-state index is 11.9. The molecule has 0 saturated heterocycles. The van der Waals surface area contributed by atoms with Gasteiger partial charge in [-0.15, -0.1) is 0 Å². The third kappa shape index (κ3) is 2.78. The number of rotatable bonds is 2. The van der Waals surface area contributed by atoms with E-state index in [1.54, 1.807) is 24.3 Å². The Hall–Kier alpha value is -3.21. The predicted octanol–water partition coefficient (Wildman–Crippen LogP) is 3.62. The molecule has 0 bridgehead atoms. The van der Waals surface area contributed by atoms with E-state index in [-0.39, 0.29) is 0 Å². The predicted molar refractivity (Wildman–Crippen MR) is 88.9 cm³/mol. The number of hydrogen-bond acceptors (Lipinski definition) is 4. The number of nitrogens with two attached hydrogens (primary N) is 2. The molecule has 0 aliphatic carbocycles. The minimum Gasteiger partial charge on any atom is -0.408 e. The fraction of sp³-hybridized carbons (Fsp3) is 0. The normalized spacial score (nSPS) is 10.4. The molecule has 0 radical (unpaired) electrons. The summed E-state index contributed by atoms with van der Waals surface area (Å²) in [4.78, 5) is 11.9. The van der Waals surface area contributed by atoms with Crippen LogP contribution in [0.5, 0.6) is 5.75 Å². The van der Waals surface area contributed by atoms with Gasteiger partial charge in [-0.1, -0.05) is 30.3 Å². The van der Waals surface area contributed by atoms with Crippen molar-refractivity contribution in [1.29, 1.82) is 0 Å². The first kappa shape index (κ1) is 13.8. The summed E-state index contributed by atoms with van der Waals surface area (Å²) < 4.78 is 5.28. The Balaban J connectivity index is 1.83. The number of anilines is 3. The molecule has 0 spiro atoms. The topological polar surface area (TPSA) is 90.4 Å². The number of nitrogens with one attached hydrogen (secondary N) is 1. The van der Waals surface area contributed by atoms with Crippen molar-refractivity contribution < 1.29 is 9.53 Å². The highest BCUT2D eigenvalue weighted by Gasteiger charge is 2.10. The lowest BCUT2D eigenvalue weighted by Crippen LogP contribution is -2.17. The second-order valence-electron chi connectivity index (χ2n) is 4.84. The van der Waals surface area contributed by atoms with E-state index in [0.717, 1.165) is 10.8 Å². The van der Waals surface area contributed by atoms with Crippen LogP contribution in [0, 0.1) is 0 Å². The van der Waals surface area contributed by atoms with E-state index in [1.807, 2.05) is 36.4 Å². The molecule has 5 nitrogen and oxygen atoms in total. The van der Waals surface area contributed by atoms with Crippen molar-refractivity contribution in [2.24, 2.45) is 0 Å². The fourth-order valence-corrected chi connectivity index (χ4v) is 2.21. The first-order valence-corrected chi connectivity index (χ1v) is 6.75. The van der Waals surface area contributed by atoms with Gasteiger partial charge < -0.3 is 16.2 Å². The third-order valence-electron chi connectivity index (χ3n) is 3.27. The molecule has 0 heterocycles. The Kier molecular flexibility index (Phi) is 3.53. The largest absolute Gasteiger partial charge is 0.417 e. The summed E-state index contributed by atoms with van der Waals surface area (Å²) >= 11 is 0. The molecular formula is C17H15N3O2. The molecule has 5 N–H and O–H groups in total. The van der Waals surface area contributed by atoms with E-state index in [1.165, 1.54) is 0 Å². The second-order valence-corrected chi connectivity index (χ2v) is 4.84. The van der Waals surface area contributed by atoms with Gasteiger partial charge in [0.2, 0.25) is 0 Å². The van der Waals surface area contributed by atoms with Gasteiger partial charge in [0.15, 0.2) is 5.75 Å². The summed E-state index contributed by atoms with van der Waals surface area (Å²) in [6.07, 6.45) is -0.590. The molecule has 0 aliphatic heterocycles. The molecule has 0 atom stereocenters. The lowest BCUT2D eigenvalue weighted by Gasteiger charge is -2.11. The Morgan fingerprint density at radius 2 is 1.73 bits per heavy atom. The zero-order valence-corrected chi connectivity index (χ0v) is 11.7. The summed E-state index contributed by atoms with van der Waals surface area (Å²) in [6, 6.07) is 17.9. The molecule has 0 fully saturated rings. The highest BCUT2D eigenvalue weighted by molar-refractivity contribution is 5.98. The van der Waals surface area contributed by atoms with Crippen LogP contribution in [-0.4, -0.2) is 6.09 Å². The van der Waals surface area contributed by atoms with Crippen molar-refractivity contribution in [3.63, 3.8) is 0 Å². The Morgan fingerprint density at radius 3 is 2.50 bits per heavy atom. The van der Waals surface area contributed by atoms with Crippen LogP contribution in [0.4, 0.5) is 21.9 Å². The Bertz CT molecular complexity index is 832. The minimum atomic E-state index is -0.590. The Labute approximate surface area is 127 Å². The van der Waals surface area contributed by atoms with E-state index in [2.05, 4.69) is 5.32 Å². The Morgan fingerprint density at radius 1 is 0.955 bits per heavy atom. The second kappa shape index (κ2) is 5.65. The van der Waals surface area contributed by atoms with Crippen molar-refractivity contribution in [2.75, 3.05) is 16.8 Å². The summed E-state index contributed by atoms with van der Waals surface area (Å²) in [5, 5.41) is 4.33. The van der Waals surface area contributed by atoms with Crippen LogP contribution in [0.3, 0.4) is 0 Å². The summed E-state index contributed by atoms with van der Waals surface area (Å²) in [6.45, 7) is 0. The van der Waals surface area contributed by atoms with Gasteiger partial charge in [-0.2, -0.15) is 0 Å². The molecule has 0 saturated carbocycles. The van der Waals surface area contributed by atoms with Crippen molar-refractivity contribution in [2.45, 2.75) is 0 Å². The van der Waals surface area contributed by atoms with E-state index < -0.39 is 6.09 Å². The van der Waals surface area contributed by atoms with Gasteiger partial charge in [0, 0.05) is 16.8 Å². The molecule has 5 heteroatoms. The van der Waals surface area contributed by atoms with Crippen molar-refractivity contribution >= 4 is 33.9 Å². The van der Waals surface area contributed by atoms with E-state index in [0.29, 0.717) is 22.8 Å². The van der Waals surface area contributed by atoms with Crippen molar-refractivity contribution in [1.82, 2.24) is 0 Å². The minimum absolute atomic E-state index is 0.311. The van der Waals surface area contributed by atoms with Crippen LogP contribution in [-0.2, 0) is 0 Å². The number of hydrogen-bond donors (Lipinski definition) is 3. The van der Waals surface area contributed by atoms with Crippen LogP contribution < -0.4 is 21.5 Å². The van der Waals surface area contributed by atoms with Crippen molar-refractivity contribution in [3.05, 3.63) is 60.7 Å². The number of ether oxygens (including phenoxy) is 1. The average Bonchev–Trinajstić information content (AvgIpc) is 2.51. The molecule has 3 aromatic rings. The van der Waals surface area contributed by atoms with Crippen LogP contribution in [0.2, 0.25) is 0 Å². The van der Waals surface area contributed by atoms with Gasteiger partial charge >= 0.3 is 6.09 Å². The molecule has 110 valence electrons. The van der Waals surface area contributed by atoms with Gasteiger partial charge in [-0.3, -0.25) is 5.32 Å². The highest BCUT2D eigenvalue weighted by atomic mass is 16.6. The quantitative estimate of drug-likeness (QED) is 0.629. The van der Waals surface area contributed by atoms with E-state index in [4.69, 9.17) is 16.2 Å². The summed E-state index contributed by atoms with van der Waals surface area (Å²) in [5.41, 5.74) is 13.5. The smallest absolute Gasteiger partial charge is 0.408 e. The lowest BCUT2D eigenvalue weighted by atomic mass is 10.1. The number of carbonyl (C=O) groups is 1. The molecular weight excluding hydrogens is 278 g/mol. The fourth-order valence-electron chi connectivity index (χ4n) is 2.21. The summed E-state index contributed by atoms with van der Waals surface area (Å²) in [7, 11) is 0. The SMILES string of the molecule is Nc1ccc2c(N)c(OC(=O)Nc3ccccc3)ccc2c1. The number of para-hydroxylation sites is 1. The third-order valence-corrected chi connectivity index (χ3v) is 3.27. The monoisotopic (exact) mass is 293 g/mol. The molecule has 3 rings (SSSR count). The molecule has 0 unspecified atom stereocenters. The van der Waals surface area contributed by atoms with Gasteiger partial charge in [0.1, 0.15) is 0 Å². The van der Waals surface area contributed by atoms with Crippen LogP contribution in [0.1, 0.15) is 0 Å². The average molecular weight is 293 g/mol. The zero-order chi connectivity index (χ0) is 15.5. The number of benzene rings is 3. The van der Waals surface area contributed by atoms with Crippen LogP contribution in [0.25, 0.3) is 10.8 Å². The number of amides is 1. The van der Waals surface area contributed by atoms with Crippen LogP contribution >= 0.6 is 0 Å². The number of fused-ring (bicyclic) bond motifs is 1. The van der Waals surface area contributed by atoms with Crippen LogP contribution in [0.15, 0.2) is 60.7 Å². The maximum Gasteiger partial charge on any atom is 0.417 e. The number of nitrogen functional groups attached to an aromatic ring is 2. The zero-order valence-electron chi connectivity index (χ0n) is 11.7. The number of carbonyl (C=O) groups excluding carboxylic acids is 1. The lowest BCUT2D eigenvalue weighted by molar-refractivity contribution is 0.215. The van der Waals surface area contributed by atoms with Gasteiger partial charge in [0.05, 0.1) is 5.69 Å². The van der Waals surface area contributed by atoms with Crippen molar-refractivity contribution in [3.8, 4) is 5.75 Å². The standard InChI is InChI=1S/C17H15N3O2/c18-12-7-8-14-11(10-12)6-9-15(16(14)19)22-17(21)20-13-4-2-1-3-5-13/h1-10H,18-19H2,(H,20,21). The maximum atomic E-state index is 11.9. The molecule has 0 aliphatic rings. The molecule has 0 aromatic heterocycles.